The lowest BCUT2D eigenvalue weighted by Crippen LogP contribution is -2.20. The first-order chi connectivity index (χ1) is 9.24. The Morgan fingerprint density at radius 1 is 1.32 bits per heavy atom. The lowest BCUT2D eigenvalue weighted by atomic mass is 9.86. The second-order valence-corrected chi connectivity index (χ2v) is 6.58. The first kappa shape index (κ1) is 13.2. The van der Waals surface area contributed by atoms with E-state index < -0.39 is 0 Å². The van der Waals surface area contributed by atoms with Crippen molar-refractivity contribution in [1.82, 2.24) is 0 Å². The van der Waals surface area contributed by atoms with Gasteiger partial charge in [-0.05, 0) is 54.7 Å². The van der Waals surface area contributed by atoms with Gasteiger partial charge in [0.2, 0.25) is 5.91 Å². The Kier molecular flexibility index (Phi) is 3.92. The number of hydrogen-bond acceptors (Lipinski definition) is 1. The summed E-state index contributed by atoms with van der Waals surface area (Å²) >= 11 is 3.44. The fourth-order valence-electron chi connectivity index (χ4n) is 3.81. The fourth-order valence-corrected chi connectivity index (χ4v) is 4.16. The number of carbonyl (C=O) groups is 1. The van der Waals surface area contributed by atoms with Gasteiger partial charge in [0, 0.05) is 17.4 Å². The van der Waals surface area contributed by atoms with Crippen LogP contribution < -0.4 is 5.32 Å². The normalized spacial score (nSPS) is 28.6. The van der Waals surface area contributed by atoms with Gasteiger partial charge in [-0.2, -0.15) is 0 Å². The predicted octanol–water partition coefficient (Wildman–Crippen LogP) is 4.35. The van der Waals surface area contributed by atoms with Crippen LogP contribution in [0.4, 0.5) is 5.69 Å². The largest absolute Gasteiger partial charge is 0.326 e. The van der Waals surface area contributed by atoms with Gasteiger partial charge < -0.3 is 5.32 Å². The number of hydrogen-bond donors (Lipinski definition) is 1. The number of anilines is 1. The van der Waals surface area contributed by atoms with Crippen LogP contribution in [0.15, 0.2) is 24.3 Å². The molecule has 3 atom stereocenters. The molecule has 1 aromatic rings. The van der Waals surface area contributed by atoms with E-state index in [0.717, 1.165) is 22.9 Å². The number of halogens is 1. The molecular weight excluding hydrogens is 302 g/mol. The third-order valence-electron chi connectivity index (χ3n) is 4.70. The maximum absolute atomic E-state index is 12.1. The average Bonchev–Trinajstić information content (AvgIpc) is 3.01. The van der Waals surface area contributed by atoms with Crippen molar-refractivity contribution in [2.75, 3.05) is 5.32 Å². The Balaban J connectivity index is 1.56. The second-order valence-electron chi connectivity index (χ2n) is 6.02. The smallest absolute Gasteiger partial charge is 0.224 e. The van der Waals surface area contributed by atoms with E-state index in [1.54, 1.807) is 0 Å². The first-order valence-corrected chi connectivity index (χ1v) is 8.31. The number of fused-ring (bicyclic) bond motifs is 2. The summed E-state index contributed by atoms with van der Waals surface area (Å²) in [7, 11) is 0. The molecule has 3 rings (SSSR count). The van der Waals surface area contributed by atoms with E-state index in [1.807, 2.05) is 18.2 Å². The van der Waals surface area contributed by atoms with E-state index in [1.165, 1.54) is 31.2 Å². The molecule has 1 aromatic carbocycles. The second kappa shape index (κ2) is 5.66. The molecule has 3 unspecified atom stereocenters. The van der Waals surface area contributed by atoms with Crippen LogP contribution in [-0.2, 0) is 10.1 Å². The van der Waals surface area contributed by atoms with Gasteiger partial charge in [-0.1, -0.05) is 34.5 Å². The highest BCUT2D eigenvalue weighted by molar-refractivity contribution is 9.08. The average molecular weight is 322 g/mol. The maximum Gasteiger partial charge on any atom is 0.224 e. The summed E-state index contributed by atoms with van der Waals surface area (Å²) in [6.45, 7) is 0. The van der Waals surface area contributed by atoms with E-state index in [0.29, 0.717) is 12.3 Å². The molecule has 0 radical (unpaired) electrons. The molecule has 102 valence electrons. The fraction of sp³-hybridized carbons (Fsp3) is 0.562. The van der Waals surface area contributed by atoms with E-state index in [9.17, 15) is 4.79 Å². The van der Waals surface area contributed by atoms with Crippen LogP contribution in [0.2, 0.25) is 0 Å². The van der Waals surface area contributed by atoms with Crippen molar-refractivity contribution in [3.8, 4) is 0 Å². The molecule has 2 saturated carbocycles. The van der Waals surface area contributed by atoms with E-state index in [2.05, 4.69) is 27.3 Å². The van der Waals surface area contributed by atoms with Crippen LogP contribution in [-0.4, -0.2) is 5.91 Å². The molecule has 2 fully saturated rings. The molecule has 0 spiro atoms. The molecule has 2 aliphatic carbocycles. The van der Waals surface area contributed by atoms with Crippen molar-refractivity contribution in [1.29, 1.82) is 0 Å². The van der Waals surface area contributed by atoms with Gasteiger partial charge in [0.05, 0.1) is 0 Å². The number of nitrogens with one attached hydrogen (secondary N) is 1. The highest BCUT2D eigenvalue weighted by Gasteiger charge is 2.40. The van der Waals surface area contributed by atoms with Crippen molar-refractivity contribution >= 4 is 27.5 Å². The molecule has 0 heterocycles. The van der Waals surface area contributed by atoms with Crippen LogP contribution in [0, 0.1) is 17.8 Å². The Bertz CT molecular complexity index is 474. The van der Waals surface area contributed by atoms with Crippen molar-refractivity contribution in [3.63, 3.8) is 0 Å². The monoisotopic (exact) mass is 321 g/mol. The zero-order valence-corrected chi connectivity index (χ0v) is 12.7. The van der Waals surface area contributed by atoms with Crippen LogP contribution >= 0.6 is 15.9 Å². The summed E-state index contributed by atoms with van der Waals surface area (Å²) in [5.74, 6) is 2.56. The minimum absolute atomic E-state index is 0.185. The van der Waals surface area contributed by atoms with Crippen LogP contribution in [0.25, 0.3) is 0 Å². The molecule has 1 amide bonds. The van der Waals surface area contributed by atoms with Crippen molar-refractivity contribution in [3.05, 3.63) is 29.8 Å². The number of carbonyl (C=O) groups excluding carboxylic acids is 1. The molecule has 0 saturated heterocycles. The SMILES string of the molecule is O=C(CC1CC2CCC1C2)Nc1cccc(CBr)c1. The quantitative estimate of drug-likeness (QED) is 0.821. The standard InChI is InChI=1S/C16H20BrNO/c17-10-12-2-1-3-15(8-12)18-16(19)9-14-7-11-4-5-13(14)6-11/h1-3,8,11,13-14H,4-7,9-10H2,(H,18,19). The Morgan fingerprint density at radius 3 is 2.89 bits per heavy atom. The highest BCUT2D eigenvalue weighted by Crippen LogP contribution is 2.49. The molecule has 0 aliphatic heterocycles. The van der Waals surface area contributed by atoms with Crippen LogP contribution in [0.5, 0.6) is 0 Å². The van der Waals surface area contributed by atoms with Gasteiger partial charge in [-0.15, -0.1) is 0 Å². The topological polar surface area (TPSA) is 29.1 Å². The summed E-state index contributed by atoms with van der Waals surface area (Å²) in [5.41, 5.74) is 2.11. The number of benzene rings is 1. The van der Waals surface area contributed by atoms with E-state index in [4.69, 9.17) is 0 Å². The minimum atomic E-state index is 0.185. The molecule has 3 heteroatoms. The van der Waals surface area contributed by atoms with Crippen molar-refractivity contribution in [2.24, 2.45) is 17.8 Å². The maximum atomic E-state index is 12.1. The summed E-state index contributed by atoms with van der Waals surface area (Å²) in [6.07, 6.45) is 6.11. The Labute approximate surface area is 123 Å². The van der Waals surface area contributed by atoms with Gasteiger partial charge in [0.1, 0.15) is 0 Å². The zero-order valence-electron chi connectivity index (χ0n) is 11.1. The molecule has 2 bridgehead atoms. The Hall–Kier alpha value is -0.830. The number of rotatable bonds is 4. The van der Waals surface area contributed by atoms with E-state index in [-0.39, 0.29) is 5.91 Å². The predicted molar refractivity (Wildman–Crippen MR) is 81.3 cm³/mol. The van der Waals surface area contributed by atoms with E-state index >= 15 is 0 Å². The van der Waals surface area contributed by atoms with Crippen molar-refractivity contribution in [2.45, 2.75) is 37.4 Å². The van der Waals surface area contributed by atoms with Gasteiger partial charge in [-0.25, -0.2) is 0 Å². The third kappa shape index (κ3) is 3.02. The zero-order chi connectivity index (χ0) is 13.2. The molecule has 1 N–H and O–H groups in total. The molecule has 19 heavy (non-hydrogen) atoms. The van der Waals surface area contributed by atoms with Crippen LogP contribution in [0.3, 0.4) is 0 Å². The Morgan fingerprint density at radius 2 is 2.21 bits per heavy atom. The van der Waals surface area contributed by atoms with Crippen molar-refractivity contribution < 1.29 is 4.79 Å². The van der Waals surface area contributed by atoms with Crippen LogP contribution in [0.1, 0.15) is 37.7 Å². The molecular formula is C16H20BrNO. The molecule has 2 nitrogen and oxygen atoms in total. The lowest BCUT2D eigenvalue weighted by molar-refractivity contribution is -0.117. The van der Waals surface area contributed by atoms with Gasteiger partial charge >= 0.3 is 0 Å². The summed E-state index contributed by atoms with van der Waals surface area (Å²) in [5, 5.41) is 3.87. The summed E-state index contributed by atoms with van der Waals surface area (Å²) < 4.78 is 0. The molecule has 2 aliphatic rings. The van der Waals surface area contributed by atoms with Gasteiger partial charge in [-0.3, -0.25) is 4.79 Å². The number of alkyl halides is 1. The van der Waals surface area contributed by atoms with Gasteiger partial charge in [0.25, 0.3) is 0 Å². The number of amides is 1. The minimum Gasteiger partial charge on any atom is -0.326 e. The third-order valence-corrected chi connectivity index (χ3v) is 5.34. The summed E-state index contributed by atoms with van der Waals surface area (Å²) in [6, 6.07) is 8.04. The van der Waals surface area contributed by atoms with Gasteiger partial charge in [0.15, 0.2) is 0 Å². The molecule has 0 aromatic heterocycles. The summed E-state index contributed by atoms with van der Waals surface area (Å²) in [4.78, 5) is 12.1. The lowest BCUT2D eigenvalue weighted by Gasteiger charge is -2.20. The highest BCUT2D eigenvalue weighted by atomic mass is 79.9. The first-order valence-electron chi connectivity index (χ1n) is 7.19.